The average molecular weight is 2140 g/mol. The lowest BCUT2D eigenvalue weighted by Crippen LogP contribution is -2.14. The van der Waals surface area contributed by atoms with Gasteiger partial charge < -0.3 is 31.2 Å². The number of sulfone groups is 6. The molecule has 18 aromatic rings. The molecule has 6 heterocycles. The summed E-state index contributed by atoms with van der Waals surface area (Å²) < 4.78 is 240. The highest BCUT2D eigenvalue weighted by atomic mass is 79.9. The second-order valence-corrected chi connectivity index (χ2v) is 43.3. The summed E-state index contributed by atoms with van der Waals surface area (Å²) in [5, 5.41) is 13.4. The topological polar surface area (TPSA) is 419 Å². The zero-order valence-electron chi connectivity index (χ0n) is 68.3. The van der Waals surface area contributed by atoms with Crippen LogP contribution >= 0.6 is 85.5 Å². The molecule has 0 radical (unpaired) electrons. The second-order valence-electron chi connectivity index (χ2n) is 28.3. The highest BCUT2D eigenvalue weighted by molar-refractivity contribution is 9.10. The number of rotatable bonds is 13. The molecule has 692 valence electrons. The van der Waals surface area contributed by atoms with E-state index in [-0.39, 0.29) is 68.9 Å². The molecule has 136 heavy (non-hydrogen) atoms. The van der Waals surface area contributed by atoms with Gasteiger partial charge in [0.25, 0.3) is 0 Å². The summed E-state index contributed by atoms with van der Waals surface area (Å²) in [6.45, 7) is 1.76. The molecule has 0 bridgehead atoms. The van der Waals surface area contributed by atoms with Gasteiger partial charge in [0, 0.05) is 73.0 Å². The van der Waals surface area contributed by atoms with Gasteiger partial charge in [-0.15, -0.1) is 0 Å². The summed E-state index contributed by atoms with van der Waals surface area (Å²) in [4.78, 5) is 67.3. The van der Waals surface area contributed by atoms with E-state index in [1.807, 2.05) is 6.07 Å². The molecule has 0 N–H and O–H groups in total. The molecule has 43 heteroatoms. The van der Waals surface area contributed by atoms with Crippen LogP contribution in [0, 0.1) is 41.5 Å². The molecule has 0 fully saturated rings. The lowest BCUT2D eigenvalue weighted by atomic mass is 10.2. The first-order chi connectivity index (χ1) is 64.1. The third-order valence-corrected chi connectivity index (χ3v) is 31.6. The van der Waals surface area contributed by atoms with E-state index in [9.17, 15) is 96.8 Å². The summed E-state index contributed by atoms with van der Waals surface area (Å²) in [5.74, 6) is -3.18. The van der Waals surface area contributed by atoms with Gasteiger partial charge in [0.15, 0.2) is 29.4 Å². The number of fused-ring (bicyclic) bond motifs is 6. The van der Waals surface area contributed by atoms with Crippen LogP contribution < -0.4 is 38.5 Å². The Morgan fingerprint density at radius 3 is 0.853 bits per heavy atom. The number of nitrogens with zero attached hydrogens (tertiary/aromatic N) is 1. The molecule has 18 rings (SSSR count). The number of nitriles is 1. The molecular formula is C93H52BrCl6F4NO25S6. The quantitative estimate of drug-likeness (QED) is 0.0764. The van der Waals surface area contributed by atoms with Crippen LogP contribution in [0.3, 0.4) is 0 Å². The summed E-state index contributed by atoms with van der Waals surface area (Å²) in [6, 6.07) is 62.7. The highest BCUT2D eigenvalue weighted by Crippen LogP contribution is 2.34. The second kappa shape index (κ2) is 40.8. The Hall–Kier alpha value is -13.2. The maximum Gasteiger partial charge on any atom is 0.355 e. The van der Waals surface area contributed by atoms with E-state index < -0.39 is 150 Å². The average Bonchev–Trinajstić information content (AvgIpc) is 0.783. The fraction of sp³-hybridized carbons (Fsp3) is 0.0215. The van der Waals surface area contributed by atoms with E-state index in [0.29, 0.717) is 85.5 Å². The maximum absolute atomic E-state index is 13.3. The molecule has 0 amide bonds. The zero-order chi connectivity index (χ0) is 98.6. The van der Waals surface area contributed by atoms with Gasteiger partial charge in [-0.1, -0.05) is 116 Å². The summed E-state index contributed by atoms with van der Waals surface area (Å²) >= 11 is 38.6. The molecule has 6 aromatic heterocycles. The van der Waals surface area contributed by atoms with Crippen molar-refractivity contribution in [3.8, 4) is 11.8 Å². The molecule has 0 atom stereocenters. The fourth-order valence-corrected chi connectivity index (χ4v) is 22.0. The van der Waals surface area contributed by atoms with Crippen LogP contribution in [0.1, 0.15) is 11.1 Å². The number of methoxy groups -OCH3 is 1. The lowest BCUT2D eigenvalue weighted by molar-refractivity contribution is 0.413. The number of hydrogen-bond acceptors (Lipinski definition) is 26. The molecule has 0 saturated carbocycles. The molecular weight excluding hydrogens is 2090 g/mol. The predicted octanol–water partition coefficient (Wildman–Crippen LogP) is 21.2. The molecule has 0 unspecified atom stereocenters. The molecule has 0 saturated heterocycles. The van der Waals surface area contributed by atoms with E-state index in [4.69, 9.17) is 106 Å². The number of halogens is 11. The summed E-state index contributed by atoms with van der Waals surface area (Å²) in [5.41, 5.74) is -3.65. The van der Waals surface area contributed by atoms with Crippen LogP contribution in [0.15, 0.2) is 398 Å². The van der Waals surface area contributed by atoms with E-state index in [2.05, 4.69) is 15.9 Å². The Balaban J connectivity index is 0.000000138. The molecule has 12 aromatic carbocycles. The Bertz CT molecular complexity index is 8970. The van der Waals surface area contributed by atoms with Crippen LogP contribution in [0.2, 0.25) is 30.1 Å². The minimum absolute atomic E-state index is 0.0504. The molecule has 0 aliphatic rings. The standard InChI is InChI=1S/C16H10Cl2O4S.C16H8ClNO4S.C16H11ClO5S.C15H8BrFO4S.C15H7ClF2O4S.C15H8ClFO4S/c1-9-2-4-12(8-13(9)18)23(20,21)15-7-10-6-11(17)3-5-14(10)22-16(15)19;17-12-4-5-14-11(7-12)8-15(16(19)22-14)23(20,21)13-3-1-2-10(6-13)9-18;1-21-12-3-2-4-13(9-12)23(19,20)15-8-10-7-11(17)5-6-14(10)22-16(15)18;16-10-4-5-13-9(6-10)7-14(15(18)21-13)22(19,20)12-3-1-2-11(17)8-12;16-9-1-2-13-8(3-9)4-14(15(19)22-13)23(20,21)12-6-10(17)5-11(18)7-12;16-10-4-5-13-9(6-10)7-14(15(18)21-13)22(19,20)12-3-1-2-11(17)8-12/h2-8H,1H3;1-8H;2-9H,1H3;1-8H;1-7H;1-8H. The SMILES string of the molecule is COc1cccc(S(=O)(=O)c2cc3cc(Cl)ccc3oc2=O)c1.Cc1ccc(S(=O)(=O)c2cc3cc(Cl)ccc3oc2=O)cc1Cl.N#Cc1cccc(S(=O)(=O)c2cc3cc(Cl)ccc3oc2=O)c1.O=c1oc2ccc(Br)cc2cc1S(=O)(=O)c1cccc(F)c1.O=c1oc2ccc(Cl)cc2cc1S(=O)(=O)c1cc(F)cc(F)c1.O=c1oc2ccc(Cl)cc2cc1S(=O)(=O)c1cccc(F)c1. The summed E-state index contributed by atoms with van der Waals surface area (Å²) in [6.07, 6.45) is 0. The van der Waals surface area contributed by atoms with Gasteiger partial charge in [-0.05, 0) is 255 Å². The van der Waals surface area contributed by atoms with Crippen molar-refractivity contribution in [3.05, 3.63) is 411 Å². The van der Waals surface area contributed by atoms with Crippen molar-refractivity contribution in [1.29, 1.82) is 5.26 Å². The van der Waals surface area contributed by atoms with Crippen molar-refractivity contribution in [2.24, 2.45) is 0 Å². The van der Waals surface area contributed by atoms with E-state index >= 15 is 0 Å². The van der Waals surface area contributed by atoms with Crippen molar-refractivity contribution >= 4 is 210 Å². The van der Waals surface area contributed by atoms with Crippen molar-refractivity contribution in [3.63, 3.8) is 0 Å². The molecule has 26 nitrogen and oxygen atoms in total. The van der Waals surface area contributed by atoms with Gasteiger partial charge >= 0.3 is 33.8 Å². The van der Waals surface area contributed by atoms with Crippen molar-refractivity contribution in [2.75, 3.05) is 7.11 Å². The molecule has 0 aliphatic heterocycles. The van der Waals surface area contributed by atoms with Crippen LogP contribution in [-0.4, -0.2) is 57.6 Å². The molecule has 0 aliphatic carbocycles. The number of benzene rings is 12. The van der Waals surface area contributed by atoms with Crippen LogP contribution in [-0.2, 0) is 59.0 Å². The normalized spacial score (nSPS) is 11.6. The number of hydrogen-bond donors (Lipinski definition) is 0. The van der Waals surface area contributed by atoms with Gasteiger partial charge in [0.05, 0.1) is 48.1 Å². The first kappa shape index (κ1) is 100. The van der Waals surface area contributed by atoms with Crippen molar-refractivity contribution in [2.45, 2.75) is 65.7 Å². The van der Waals surface area contributed by atoms with Crippen LogP contribution in [0.4, 0.5) is 17.6 Å². The monoisotopic (exact) mass is 2140 g/mol. The minimum atomic E-state index is -4.45. The Kier molecular flexibility index (Phi) is 30.1. The van der Waals surface area contributed by atoms with E-state index in [0.717, 1.165) is 35.9 Å². The molecule has 0 spiro atoms. The first-order valence-corrected chi connectivity index (χ1v) is 49.9. The Labute approximate surface area is 803 Å². The fourth-order valence-electron chi connectivity index (χ4n) is 12.5. The Morgan fingerprint density at radius 2 is 0.551 bits per heavy atom. The summed E-state index contributed by atoms with van der Waals surface area (Å²) in [7, 11) is -23.6. The van der Waals surface area contributed by atoms with Gasteiger partial charge in [0.2, 0.25) is 59.0 Å². The number of aryl methyl sites for hydroxylation is 1. The largest absolute Gasteiger partial charge is 0.497 e. The van der Waals surface area contributed by atoms with Crippen molar-refractivity contribution < 1.29 is 99.3 Å². The number of ether oxygens (including phenoxy) is 1. The van der Waals surface area contributed by atoms with E-state index in [1.54, 1.807) is 49.4 Å². The highest BCUT2D eigenvalue weighted by Gasteiger charge is 2.31. The first-order valence-electron chi connectivity index (χ1n) is 37.9. The van der Waals surface area contributed by atoms with Gasteiger partial charge in [-0.3, -0.25) is 0 Å². The lowest BCUT2D eigenvalue weighted by Gasteiger charge is -2.06. The van der Waals surface area contributed by atoms with Crippen LogP contribution in [0.25, 0.3) is 65.8 Å². The van der Waals surface area contributed by atoms with Crippen molar-refractivity contribution in [1.82, 2.24) is 0 Å². The third-order valence-electron chi connectivity index (χ3n) is 19.1. The van der Waals surface area contributed by atoms with Crippen LogP contribution in [0.5, 0.6) is 5.75 Å². The minimum Gasteiger partial charge on any atom is -0.497 e. The van der Waals surface area contributed by atoms with E-state index in [1.165, 1.54) is 195 Å². The zero-order valence-corrected chi connectivity index (χ0v) is 79.3. The van der Waals surface area contributed by atoms with Gasteiger partial charge in [0.1, 0.15) is 62.5 Å². The van der Waals surface area contributed by atoms with Gasteiger partial charge in [-0.25, -0.2) is 96.8 Å². The maximum atomic E-state index is 13.3. The Morgan fingerprint density at radius 1 is 0.287 bits per heavy atom. The smallest absolute Gasteiger partial charge is 0.355 e. The predicted molar refractivity (Wildman–Crippen MR) is 500 cm³/mol. The third kappa shape index (κ3) is 22.5. The van der Waals surface area contributed by atoms with Gasteiger partial charge in [-0.2, -0.15) is 5.26 Å².